The molecule has 112 valence electrons. The predicted molar refractivity (Wildman–Crippen MR) is 81.9 cm³/mol. The quantitative estimate of drug-likeness (QED) is 0.773. The van der Waals surface area contributed by atoms with Gasteiger partial charge in [-0.2, -0.15) is 16.3 Å². The lowest BCUT2D eigenvalue weighted by Gasteiger charge is -2.07. The molecule has 0 aliphatic heterocycles. The summed E-state index contributed by atoms with van der Waals surface area (Å²) in [6.45, 7) is 0.0268. The van der Waals surface area contributed by atoms with E-state index in [0.717, 1.165) is 5.56 Å². The zero-order valence-corrected chi connectivity index (χ0v) is 12.7. The van der Waals surface area contributed by atoms with Gasteiger partial charge in [0.2, 0.25) is 5.82 Å². The lowest BCUT2D eigenvalue weighted by Crippen LogP contribution is -2.13. The van der Waals surface area contributed by atoms with Gasteiger partial charge in [0, 0.05) is 16.0 Å². The number of halogens is 1. The van der Waals surface area contributed by atoms with E-state index in [0.29, 0.717) is 22.5 Å². The van der Waals surface area contributed by atoms with E-state index in [1.54, 1.807) is 23.5 Å². The highest BCUT2D eigenvalue weighted by Crippen LogP contribution is 2.24. The molecule has 0 aliphatic rings. The topological polar surface area (TPSA) is 91.2 Å². The SMILES string of the molecule is NC(=O)c1cc(Cl)ccc1OCc1nc(-c2ccsc2)no1. The van der Waals surface area contributed by atoms with Crippen LogP contribution in [-0.4, -0.2) is 16.0 Å². The Kier molecular flexibility index (Phi) is 4.08. The summed E-state index contributed by atoms with van der Waals surface area (Å²) in [4.78, 5) is 15.6. The van der Waals surface area contributed by atoms with Crippen molar-refractivity contribution in [1.82, 2.24) is 10.1 Å². The van der Waals surface area contributed by atoms with Crippen molar-refractivity contribution in [2.24, 2.45) is 5.73 Å². The van der Waals surface area contributed by atoms with Gasteiger partial charge in [-0.1, -0.05) is 16.8 Å². The molecule has 0 saturated carbocycles. The van der Waals surface area contributed by atoms with Crippen molar-refractivity contribution in [3.8, 4) is 17.1 Å². The number of benzene rings is 1. The minimum Gasteiger partial charge on any atom is -0.483 e. The third-order valence-electron chi connectivity index (χ3n) is 2.81. The van der Waals surface area contributed by atoms with Gasteiger partial charge in [-0.15, -0.1) is 0 Å². The summed E-state index contributed by atoms with van der Waals surface area (Å²) < 4.78 is 10.6. The summed E-state index contributed by atoms with van der Waals surface area (Å²) in [6.07, 6.45) is 0. The fraction of sp³-hybridized carbons (Fsp3) is 0.0714. The third kappa shape index (κ3) is 3.10. The first kappa shape index (κ1) is 14.6. The Morgan fingerprint density at radius 2 is 2.27 bits per heavy atom. The van der Waals surface area contributed by atoms with Crippen LogP contribution in [0.1, 0.15) is 16.2 Å². The molecule has 3 aromatic rings. The molecular formula is C14H10ClN3O3S. The van der Waals surface area contributed by atoms with Crippen LogP contribution in [0.25, 0.3) is 11.4 Å². The fourth-order valence-corrected chi connectivity index (χ4v) is 2.59. The molecule has 2 aromatic heterocycles. The van der Waals surface area contributed by atoms with Gasteiger partial charge in [0.25, 0.3) is 11.8 Å². The second kappa shape index (κ2) is 6.17. The second-order valence-corrected chi connectivity index (χ2v) is 5.53. The Balaban J connectivity index is 1.74. The molecule has 8 heteroatoms. The van der Waals surface area contributed by atoms with Crippen LogP contribution in [0, 0.1) is 0 Å². The van der Waals surface area contributed by atoms with Crippen molar-refractivity contribution >= 4 is 28.8 Å². The van der Waals surface area contributed by atoms with Gasteiger partial charge in [-0.25, -0.2) is 0 Å². The molecule has 1 amide bonds. The van der Waals surface area contributed by atoms with Crippen LogP contribution in [-0.2, 0) is 6.61 Å². The standard InChI is InChI=1S/C14H10ClN3O3S/c15-9-1-2-11(10(5-9)13(16)19)20-6-12-17-14(18-21-12)8-3-4-22-7-8/h1-5,7H,6H2,(H2,16,19). The van der Waals surface area contributed by atoms with E-state index in [-0.39, 0.29) is 12.2 Å². The zero-order chi connectivity index (χ0) is 15.5. The van der Waals surface area contributed by atoms with E-state index < -0.39 is 5.91 Å². The molecule has 3 rings (SSSR count). The van der Waals surface area contributed by atoms with Crippen LogP contribution >= 0.6 is 22.9 Å². The molecule has 0 bridgehead atoms. The molecule has 2 N–H and O–H groups in total. The number of thiophene rings is 1. The number of carbonyl (C=O) groups excluding carboxylic acids is 1. The highest BCUT2D eigenvalue weighted by Gasteiger charge is 2.13. The Bertz CT molecular complexity index is 802. The highest BCUT2D eigenvalue weighted by molar-refractivity contribution is 7.08. The molecule has 0 saturated heterocycles. The van der Waals surface area contributed by atoms with Crippen molar-refractivity contribution in [3.63, 3.8) is 0 Å². The number of aromatic nitrogens is 2. The minimum absolute atomic E-state index is 0.0268. The van der Waals surface area contributed by atoms with Gasteiger partial charge in [-0.05, 0) is 29.6 Å². The summed E-state index contributed by atoms with van der Waals surface area (Å²) >= 11 is 7.38. The number of rotatable bonds is 5. The van der Waals surface area contributed by atoms with E-state index in [4.69, 9.17) is 26.6 Å². The average molecular weight is 336 g/mol. The van der Waals surface area contributed by atoms with Gasteiger partial charge in [-0.3, -0.25) is 4.79 Å². The van der Waals surface area contributed by atoms with Crippen molar-refractivity contribution in [2.45, 2.75) is 6.61 Å². The number of nitrogens with zero attached hydrogens (tertiary/aromatic N) is 2. The molecule has 2 heterocycles. The monoisotopic (exact) mass is 335 g/mol. The highest BCUT2D eigenvalue weighted by atomic mass is 35.5. The zero-order valence-electron chi connectivity index (χ0n) is 11.2. The second-order valence-electron chi connectivity index (χ2n) is 4.32. The molecular weight excluding hydrogens is 326 g/mol. The molecule has 0 radical (unpaired) electrons. The Hall–Kier alpha value is -2.38. The first-order valence-corrected chi connectivity index (χ1v) is 7.53. The van der Waals surface area contributed by atoms with Gasteiger partial charge in [0.1, 0.15) is 5.75 Å². The molecule has 0 unspecified atom stereocenters. The average Bonchev–Trinajstić information content (AvgIpc) is 3.16. The number of hydrogen-bond donors (Lipinski definition) is 1. The van der Waals surface area contributed by atoms with Crippen LogP contribution in [0.15, 0.2) is 39.5 Å². The van der Waals surface area contributed by atoms with Crippen molar-refractivity contribution in [3.05, 3.63) is 51.5 Å². The number of ether oxygens (including phenoxy) is 1. The molecule has 0 aliphatic carbocycles. The van der Waals surface area contributed by atoms with Crippen LogP contribution in [0.4, 0.5) is 0 Å². The molecule has 0 fully saturated rings. The van der Waals surface area contributed by atoms with E-state index in [1.807, 2.05) is 16.8 Å². The predicted octanol–water partition coefficient (Wildman–Crippen LogP) is 3.13. The molecule has 0 spiro atoms. The van der Waals surface area contributed by atoms with Gasteiger partial charge >= 0.3 is 0 Å². The Labute approximate surface area is 134 Å². The van der Waals surface area contributed by atoms with Gasteiger partial charge in [0.15, 0.2) is 6.61 Å². The van der Waals surface area contributed by atoms with Crippen molar-refractivity contribution in [1.29, 1.82) is 0 Å². The number of nitrogens with two attached hydrogens (primary N) is 1. The summed E-state index contributed by atoms with van der Waals surface area (Å²) in [6, 6.07) is 6.51. The van der Waals surface area contributed by atoms with Crippen molar-refractivity contribution < 1.29 is 14.1 Å². The van der Waals surface area contributed by atoms with E-state index in [1.165, 1.54) is 6.07 Å². The third-order valence-corrected chi connectivity index (χ3v) is 3.72. The first-order chi connectivity index (χ1) is 10.6. The first-order valence-electron chi connectivity index (χ1n) is 6.21. The largest absolute Gasteiger partial charge is 0.483 e. The van der Waals surface area contributed by atoms with Crippen LogP contribution in [0.2, 0.25) is 5.02 Å². The smallest absolute Gasteiger partial charge is 0.264 e. The lowest BCUT2D eigenvalue weighted by molar-refractivity contribution is 0.0995. The summed E-state index contributed by atoms with van der Waals surface area (Å²) in [7, 11) is 0. The minimum atomic E-state index is -0.623. The normalized spacial score (nSPS) is 10.6. The Morgan fingerprint density at radius 1 is 1.41 bits per heavy atom. The van der Waals surface area contributed by atoms with Crippen LogP contribution in [0.3, 0.4) is 0 Å². The maximum atomic E-state index is 11.4. The van der Waals surface area contributed by atoms with Crippen LogP contribution in [0.5, 0.6) is 5.75 Å². The van der Waals surface area contributed by atoms with E-state index >= 15 is 0 Å². The number of carbonyl (C=O) groups is 1. The lowest BCUT2D eigenvalue weighted by atomic mass is 10.2. The van der Waals surface area contributed by atoms with Gasteiger partial charge in [0.05, 0.1) is 5.56 Å². The van der Waals surface area contributed by atoms with Crippen molar-refractivity contribution in [2.75, 3.05) is 0 Å². The number of primary amides is 1. The molecule has 1 aromatic carbocycles. The molecule has 0 atom stereocenters. The van der Waals surface area contributed by atoms with E-state index in [9.17, 15) is 4.79 Å². The Morgan fingerprint density at radius 3 is 3.00 bits per heavy atom. The molecule has 22 heavy (non-hydrogen) atoms. The molecule has 6 nitrogen and oxygen atoms in total. The number of amides is 1. The van der Waals surface area contributed by atoms with Crippen LogP contribution < -0.4 is 10.5 Å². The van der Waals surface area contributed by atoms with Gasteiger partial charge < -0.3 is 15.0 Å². The summed E-state index contributed by atoms with van der Waals surface area (Å²) in [5.74, 6) is 0.479. The number of hydrogen-bond acceptors (Lipinski definition) is 6. The van der Waals surface area contributed by atoms with E-state index in [2.05, 4.69) is 10.1 Å². The summed E-state index contributed by atoms with van der Waals surface area (Å²) in [5, 5.41) is 8.11. The fourth-order valence-electron chi connectivity index (χ4n) is 1.78. The summed E-state index contributed by atoms with van der Waals surface area (Å²) in [5.41, 5.74) is 6.37. The maximum absolute atomic E-state index is 11.4. The maximum Gasteiger partial charge on any atom is 0.264 e.